The van der Waals surface area contributed by atoms with Gasteiger partial charge < -0.3 is 10.1 Å². The van der Waals surface area contributed by atoms with Gasteiger partial charge in [-0.25, -0.2) is 0 Å². The molecule has 98 valence electrons. The van der Waals surface area contributed by atoms with Gasteiger partial charge in [0.2, 0.25) is 0 Å². The summed E-state index contributed by atoms with van der Waals surface area (Å²) in [6.45, 7) is 0.812. The van der Waals surface area contributed by atoms with Crippen LogP contribution in [0.5, 0.6) is 5.75 Å². The second-order valence-electron chi connectivity index (χ2n) is 4.68. The Bertz CT molecular complexity index is 547. The van der Waals surface area contributed by atoms with Gasteiger partial charge in [0, 0.05) is 0 Å². The van der Waals surface area contributed by atoms with Gasteiger partial charge in [0.25, 0.3) is 5.91 Å². The van der Waals surface area contributed by atoms with E-state index < -0.39 is 0 Å². The number of amides is 1. The first-order valence-electron chi connectivity index (χ1n) is 6.18. The maximum Gasteiger partial charge on any atom is 0.263 e. The minimum atomic E-state index is -0.121. The van der Waals surface area contributed by atoms with Crippen molar-refractivity contribution in [2.24, 2.45) is 5.92 Å². The molecule has 3 nitrogen and oxygen atoms in total. The zero-order chi connectivity index (χ0) is 13.2. The molecule has 1 aliphatic heterocycles. The summed E-state index contributed by atoms with van der Waals surface area (Å²) in [6, 6.07) is 7.77. The predicted octanol–water partition coefficient (Wildman–Crippen LogP) is 2.96. The Labute approximate surface area is 121 Å². The van der Waals surface area contributed by atoms with Crippen molar-refractivity contribution >= 4 is 40.3 Å². The van der Waals surface area contributed by atoms with Crippen LogP contribution in [0.4, 0.5) is 0 Å². The quantitative estimate of drug-likeness (QED) is 0.684. The third-order valence-corrected chi connectivity index (χ3v) is 4.17. The monoisotopic (exact) mass is 291 g/mol. The van der Waals surface area contributed by atoms with Gasteiger partial charge in [-0.15, -0.1) is 0 Å². The molecule has 1 N–H and O–H groups in total. The van der Waals surface area contributed by atoms with Gasteiger partial charge in [-0.1, -0.05) is 36.1 Å². The largest absolute Gasteiger partial charge is 0.493 e. The summed E-state index contributed by atoms with van der Waals surface area (Å²) in [7, 11) is 0. The SMILES string of the molecule is O=C1NC(=S)SC1=Cc1ccc(OCC2CC2)cc1. The molecule has 0 spiro atoms. The van der Waals surface area contributed by atoms with E-state index in [1.165, 1.54) is 24.6 Å². The molecule has 2 fully saturated rings. The third kappa shape index (κ3) is 3.36. The van der Waals surface area contributed by atoms with Gasteiger partial charge in [-0.3, -0.25) is 4.79 Å². The Morgan fingerprint density at radius 3 is 2.68 bits per heavy atom. The van der Waals surface area contributed by atoms with E-state index in [1.54, 1.807) is 0 Å². The summed E-state index contributed by atoms with van der Waals surface area (Å²) in [5.74, 6) is 1.51. The molecule has 1 aliphatic carbocycles. The van der Waals surface area contributed by atoms with Crippen molar-refractivity contribution in [3.05, 3.63) is 34.7 Å². The molecule has 0 bridgehead atoms. The number of hydrogen-bond acceptors (Lipinski definition) is 4. The van der Waals surface area contributed by atoms with Crippen LogP contribution in [0.15, 0.2) is 29.2 Å². The fraction of sp³-hybridized carbons (Fsp3) is 0.286. The Kier molecular flexibility index (Phi) is 3.57. The van der Waals surface area contributed by atoms with E-state index in [2.05, 4.69) is 5.32 Å². The highest BCUT2D eigenvalue weighted by molar-refractivity contribution is 8.26. The van der Waals surface area contributed by atoms with E-state index >= 15 is 0 Å². The molecule has 0 unspecified atom stereocenters. The van der Waals surface area contributed by atoms with E-state index in [1.807, 2.05) is 30.3 Å². The number of nitrogens with one attached hydrogen (secondary N) is 1. The highest BCUT2D eigenvalue weighted by atomic mass is 32.2. The Balaban J connectivity index is 1.66. The lowest BCUT2D eigenvalue weighted by Gasteiger charge is -2.05. The average Bonchev–Trinajstić information content (AvgIpc) is 3.16. The number of carbonyl (C=O) groups excluding carboxylic acids is 1. The van der Waals surface area contributed by atoms with Gasteiger partial charge in [-0.2, -0.15) is 0 Å². The number of benzene rings is 1. The molecule has 1 aromatic carbocycles. The first-order valence-corrected chi connectivity index (χ1v) is 7.41. The number of thiocarbonyl (C=S) groups is 1. The van der Waals surface area contributed by atoms with Crippen molar-refractivity contribution in [2.75, 3.05) is 6.61 Å². The fourth-order valence-electron chi connectivity index (χ4n) is 1.73. The number of rotatable bonds is 4. The maximum atomic E-state index is 11.5. The first kappa shape index (κ1) is 12.7. The van der Waals surface area contributed by atoms with Crippen molar-refractivity contribution in [3.8, 4) is 5.75 Å². The van der Waals surface area contributed by atoms with Gasteiger partial charge in [0.05, 0.1) is 11.5 Å². The minimum Gasteiger partial charge on any atom is -0.493 e. The molecule has 1 saturated heterocycles. The predicted molar refractivity (Wildman–Crippen MR) is 81.0 cm³/mol. The van der Waals surface area contributed by atoms with Crippen molar-refractivity contribution < 1.29 is 9.53 Å². The molecular weight excluding hydrogens is 278 g/mol. The van der Waals surface area contributed by atoms with Crippen LogP contribution in [0, 0.1) is 5.92 Å². The van der Waals surface area contributed by atoms with Crippen LogP contribution in [-0.2, 0) is 4.79 Å². The van der Waals surface area contributed by atoms with E-state index in [9.17, 15) is 4.79 Å². The van der Waals surface area contributed by atoms with E-state index in [0.29, 0.717) is 9.23 Å². The van der Waals surface area contributed by atoms with Gasteiger partial charge in [0.15, 0.2) is 0 Å². The second-order valence-corrected chi connectivity index (χ2v) is 6.39. The molecule has 1 aromatic rings. The number of thioether (sulfide) groups is 1. The minimum absolute atomic E-state index is 0.121. The van der Waals surface area contributed by atoms with Gasteiger partial charge >= 0.3 is 0 Å². The molecule has 3 rings (SSSR count). The van der Waals surface area contributed by atoms with Crippen LogP contribution in [0.25, 0.3) is 6.08 Å². The first-order chi connectivity index (χ1) is 9.20. The summed E-state index contributed by atoms with van der Waals surface area (Å²) in [5.41, 5.74) is 0.973. The van der Waals surface area contributed by atoms with Crippen molar-refractivity contribution in [1.29, 1.82) is 0 Å². The molecule has 0 radical (unpaired) electrons. The summed E-state index contributed by atoms with van der Waals surface area (Å²) < 4.78 is 6.18. The van der Waals surface area contributed by atoms with Crippen LogP contribution in [0.3, 0.4) is 0 Å². The molecule has 2 aliphatic rings. The third-order valence-electron chi connectivity index (χ3n) is 3.00. The van der Waals surface area contributed by atoms with Crippen LogP contribution in [0.1, 0.15) is 18.4 Å². The smallest absolute Gasteiger partial charge is 0.263 e. The Morgan fingerprint density at radius 2 is 2.11 bits per heavy atom. The highest BCUT2D eigenvalue weighted by Gasteiger charge is 2.22. The van der Waals surface area contributed by atoms with Gasteiger partial charge in [-0.05, 0) is 42.5 Å². The summed E-state index contributed by atoms with van der Waals surface area (Å²) >= 11 is 6.24. The lowest BCUT2D eigenvalue weighted by molar-refractivity contribution is -0.115. The van der Waals surface area contributed by atoms with E-state index in [0.717, 1.165) is 23.8 Å². The average molecular weight is 291 g/mol. The maximum absolute atomic E-state index is 11.5. The van der Waals surface area contributed by atoms with E-state index in [-0.39, 0.29) is 5.91 Å². The molecule has 0 aromatic heterocycles. The number of carbonyl (C=O) groups is 1. The number of hydrogen-bond donors (Lipinski definition) is 1. The topological polar surface area (TPSA) is 38.3 Å². The summed E-state index contributed by atoms with van der Waals surface area (Å²) in [4.78, 5) is 12.2. The van der Waals surface area contributed by atoms with Crippen LogP contribution < -0.4 is 10.1 Å². The Hall–Kier alpha value is -1.33. The van der Waals surface area contributed by atoms with Crippen LogP contribution in [0.2, 0.25) is 0 Å². The van der Waals surface area contributed by atoms with Crippen LogP contribution >= 0.6 is 24.0 Å². The summed E-state index contributed by atoms with van der Waals surface area (Å²) in [6.07, 6.45) is 4.41. The van der Waals surface area contributed by atoms with E-state index in [4.69, 9.17) is 17.0 Å². The lowest BCUT2D eigenvalue weighted by Crippen LogP contribution is -2.17. The van der Waals surface area contributed by atoms with Crippen LogP contribution in [-0.4, -0.2) is 16.8 Å². The molecule has 0 atom stereocenters. The standard InChI is InChI=1S/C14H13NO2S2/c16-13-12(19-14(18)15-13)7-9-3-5-11(6-4-9)17-8-10-1-2-10/h3-7,10H,1-2,8H2,(H,15,16,18). The molecule has 1 amide bonds. The zero-order valence-corrected chi connectivity index (χ0v) is 11.9. The zero-order valence-electron chi connectivity index (χ0n) is 10.2. The lowest BCUT2D eigenvalue weighted by atomic mass is 10.2. The highest BCUT2D eigenvalue weighted by Crippen LogP contribution is 2.30. The van der Waals surface area contributed by atoms with Crippen molar-refractivity contribution in [2.45, 2.75) is 12.8 Å². The van der Waals surface area contributed by atoms with Crippen molar-refractivity contribution in [3.63, 3.8) is 0 Å². The fourth-order valence-corrected chi connectivity index (χ4v) is 2.78. The molecular formula is C14H13NO2S2. The van der Waals surface area contributed by atoms with Crippen molar-refractivity contribution in [1.82, 2.24) is 5.32 Å². The summed E-state index contributed by atoms with van der Waals surface area (Å²) in [5, 5.41) is 2.60. The number of ether oxygens (including phenoxy) is 1. The second kappa shape index (κ2) is 5.35. The van der Waals surface area contributed by atoms with Gasteiger partial charge in [0.1, 0.15) is 10.1 Å². The molecule has 19 heavy (non-hydrogen) atoms. The normalized spacial score (nSPS) is 20.7. The Morgan fingerprint density at radius 1 is 1.37 bits per heavy atom. The molecule has 5 heteroatoms. The molecule has 1 heterocycles. The molecule has 1 saturated carbocycles.